The Morgan fingerprint density at radius 3 is 2.55 bits per heavy atom. The summed E-state index contributed by atoms with van der Waals surface area (Å²) in [6.45, 7) is 4.59. The lowest BCUT2D eigenvalue weighted by Crippen LogP contribution is -2.42. The molecule has 0 aliphatic carbocycles. The van der Waals surface area contributed by atoms with E-state index in [4.69, 9.17) is 0 Å². The van der Waals surface area contributed by atoms with Crippen LogP contribution in [0.3, 0.4) is 0 Å². The van der Waals surface area contributed by atoms with Crippen molar-refractivity contribution < 1.29 is 4.79 Å². The molecule has 0 bridgehead atoms. The van der Waals surface area contributed by atoms with Gasteiger partial charge in [0.1, 0.15) is 0 Å². The van der Waals surface area contributed by atoms with Gasteiger partial charge >= 0.3 is 0 Å². The van der Waals surface area contributed by atoms with E-state index in [2.05, 4.69) is 39.6 Å². The van der Waals surface area contributed by atoms with Crippen molar-refractivity contribution in [2.24, 2.45) is 5.41 Å². The van der Waals surface area contributed by atoms with Crippen molar-refractivity contribution in [3.8, 4) is 0 Å². The van der Waals surface area contributed by atoms with Crippen LogP contribution in [0.2, 0.25) is 0 Å². The van der Waals surface area contributed by atoms with Gasteiger partial charge in [-0.25, -0.2) is 0 Å². The van der Waals surface area contributed by atoms with Gasteiger partial charge < -0.3 is 10.6 Å². The van der Waals surface area contributed by atoms with Crippen LogP contribution in [0.4, 0.5) is 0 Å². The van der Waals surface area contributed by atoms with E-state index in [9.17, 15) is 4.79 Å². The van der Waals surface area contributed by atoms with Gasteiger partial charge in [-0.2, -0.15) is 11.3 Å². The number of hydrogen-bond acceptors (Lipinski definition) is 3. The highest BCUT2D eigenvalue weighted by Crippen LogP contribution is 2.22. The third-order valence-electron chi connectivity index (χ3n) is 3.86. The summed E-state index contributed by atoms with van der Waals surface area (Å²) in [5.41, 5.74) is 1.98. The van der Waals surface area contributed by atoms with Gasteiger partial charge in [0.15, 0.2) is 0 Å². The van der Waals surface area contributed by atoms with Crippen LogP contribution in [0.25, 0.3) is 0 Å². The Morgan fingerprint density at radius 1 is 1.23 bits per heavy atom. The van der Waals surface area contributed by atoms with E-state index in [1.165, 1.54) is 11.1 Å². The number of hydrogen-bond donors (Lipinski definition) is 2. The highest BCUT2D eigenvalue weighted by Gasteiger charge is 2.28. The van der Waals surface area contributed by atoms with Gasteiger partial charge in [0, 0.05) is 12.0 Å². The summed E-state index contributed by atoms with van der Waals surface area (Å²) in [5, 5.41) is 10.5. The van der Waals surface area contributed by atoms with E-state index in [-0.39, 0.29) is 11.9 Å². The molecule has 1 amide bonds. The zero-order valence-electron chi connectivity index (χ0n) is 13.4. The van der Waals surface area contributed by atoms with Crippen molar-refractivity contribution in [1.82, 2.24) is 10.6 Å². The number of carbonyl (C=O) groups excluding carboxylic acids is 1. The molecule has 1 heterocycles. The number of likely N-dealkylation sites (N-methyl/N-ethyl adjacent to an activating group) is 1. The first-order valence-corrected chi connectivity index (χ1v) is 8.49. The molecule has 0 fully saturated rings. The molecule has 118 valence electrons. The molecule has 2 aromatic rings. The maximum atomic E-state index is 12.5. The Kier molecular flexibility index (Phi) is 5.75. The highest BCUT2D eigenvalue weighted by atomic mass is 32.1. The standard InChI is InChI=1S/C18H24N2OS/c1-18(2,11-14-7-5-4-6-8-14)17(21)20-12-16(19-3)15-9-10-22-13-15/h4-10,13,16,19H,11-12H2,1-3H3,(H,20,21). The number of carbonyl (C=O) groups is 1. The summed E-state index contributed by atoms with van der Waals surface area (Å²) in [6.07, 6.45) is 0.738. The van der Waals surface area contributed by atoms with Gasteiger partial charge in [-0.15, -0.1) is 0 Å². The van der Waals surface area contributed by atoms with Gasteiger partial charge in [0.05, 0.1) is 6.04 Å². The van der Waals surface area contributed by atoms with Crippen LogP contribution in [0, 0.1) is 5.41 Å². The lowest BCUT2D eigenvalue weighted by molar-refractivity contribution is -0.129. The van der Waals surface area contributed by atoms with Crippen LogP contribution in [0.1, 0.15) is 31.0 Å². The molecule has 1 unspecified atom stereocenters. The molecule has 0 aliphatic rings. The molecule has 1 aromatic carbocycles. The van der Waals surface area contributed by atoms with Crippen molar-refractivity contribution in [2.45, 2.75) is 26.3 Å². The molecular weight excluding hydrogens is 292 g/mol. The minimum absolute atomic E-state index is 0.0897. The summed E-state index contributed by atoms with van der Waals surface area (Å²) in [4.78, 5) is 12.5. The second kappa shape index (κ2) is 7.56. The average molecular weight is 316 g/mol. The fourth-order valence-corrected chi connectivity index (χ4v) is 3.19. The molecule has 2 N–H and O–H groups in total. The van der Waals surface area contributed by atoms with Crippen LogP contribution in [-0.2, 0) is 11.2 Å². The zero-order valence-corrected chi connectivity index (χ0v) is 14.2. The molecule has 1 aromatic heterocycles. The monoisotopic (exact) mass is 316 g/mol. The minimum Gasteiger partial charge on any atom is -0.354 e. The summed E-state index contributed by atoms with van der Waals surface area (Å²) >= 11 is 1.67. The van der Waals surface area contributed by atoms with Gasteiger partial charge in [0.2, 0.25) is 5.91 Å². The molecule has 4 heteroatoms. The fourth-order valence-electron chi connectivity index (χ4n) is 2.48. The fraction of sp³-hybridized carbons (Fsp3) is 0.389. The molecule has 0 saturated carbocycles. The van der Waals surface area contributed by atoms with Crippen molar-refractivity contribution in [2.75, 3.05) is 13.6 Å². The first-order valence-electron chi connectivity index (χ1n) is 7.54. The third kappa shape index (κ3) is 4.42. The molecule has 22 heavy (non-hydrogen) atoms. The van der Waals surface area contributed by atoms with E-state index in [0.29, 0.717) is 6.54 Å². The second-order valence-electron chi connectivity index (χ2n) is 6.15. The van der Waals surface area contributed by atoms with E-state index in [1.54, 1.807) is 11.3 Å². The Morgan fingerprint density at radius 2 is 1.95 bits per heavy atom. The largest absolute Gasteiger partial charge is 0.354 e. The van der Waals surface area contributed by atoms with Crippen molar-refractivity contribution in [3.63, 3.8) is 0 Å². The minimum atomic E-state index is -0.422. The lowest BCUT2D eigenvalue weighted by atomic mass is 9.84. The Hall–Kier alpha value is -1.65. The van der Waals surface area contributed by atoms with E-state index in [1.807, 2.05) is 39.1 Å². The van der Waals surface area contributed by atoms with Gasteiger partial charge in [-0.05, 0) is 41.4 Å². The van der Waals surface area contributed by atoms with Crippen LogP contribution < -0.4 is 10.6 Å². The molecule has 0 aliphatic heterocycles. The van der Waals surface area contributed by atoms with E-state index < -0.39 is 5.41 Å². The Balaban J connectivity index is 1.93. The normalized spacial score (nSPS) is 12.9. The van der Waals surface area contributed by atoms with Crippen molar-refractivity contribution in [1.29, 1.82) is 0 Å². The number of amides is 1. The second-order valence-corrected chi connectivity index (χ2v) is 6.93. The zero-order chi connectivity index (χ0) is 16.0. The molecule has 1 atom stereocenters. The predicted molar refractivity (Wildman–Crippen MR) is 93.1 cm³/mol. The first kappa shape index (κ1) is 16.7. The van der Waals surface area contributed by atoms with E-state index >= 15 is 0 Å². The molecule has 2 rings (SSSR count). The predicted octanol–water partition coefficient (Wildman–Crippen LogP) is 3.39. The number of nitrogens with one attached hydrogen (secondary N) is 2. The first-order chi connectivity index (χ1) is 10.5. The van der Waals surface area contributed by atoms with E-state index in [0.717, 1.165) is 6.42 Å². The van der Waals surface area contributed by atoms with Crippen LogP contribution in [-0.4, -0.2) is 19.5 Å². The SMILES string of the molecule is CNC(CNC(=O)C(C)(C)Cc1ccccc1)c1ccsc1. The maximum Gasteiger partial charge on any atom is 0.226 e. The van der Waals surface area contributed by atoms with Gasteiger partial charge in [-0.3, -0.25) is 4.79 Å². The smallest absolute Gasteiger partial charge is 0.226 e. The summed E-state index contributed by atoms with van der Waals surface area (Å²) < 4.78 is 0. The maximum absolute atomic E-state index is 12.5. The topological polar surface area (TPSA) is 41.1 Å². The van der Waals surface area contributed by atoms with Crippen molar-refractivity contribution in [3.05, 3.63) is 58.3 Å². The Labute approximate surface area is 136 Å². The molecule has 0 radical (unpaired) electrons. The van der Waals surface area contributed by atoms with Gasteiger partial charge in [-0.1, -0.05) is 44.2 Å². The number of rotatable bonds is 7. The Bertz CT molecular complexity index is 578. The highest BCUT2D eigenvalue weighted by molar-refractivity contribution is 7.07. The summed E-state index contributed by atoms with van der Waals surface area (Å²) in [5.74, 6) is 0.0897. The molecule has 0 saturated heterocycles. The quantitative estimate of drug-likeness (QED) is 0.822. The lowest BCUT2D eigenvalue weighted by Gasteiger charge is -2.25. The summed E-state index contributed by atoms with van der Waals surface area (Å²) in [6, 6.07) is 12.4. The molecular formula is C18H24N2OS. The number of benzene rings is 1. The molecule has 3 nitrogen and oxygen atoms in total. The summed E-state index contributed by atoms with van der Waals surface area (Å²) in [7, 11) is 1.92. The third-order valence-corrected chi connectivity index (χ3v) is 4.57. The van der Waals surface area contributed by atoms with Crippen LogP contribution in [0.5, 0.6) is 0 Å². The number of thiophene rings is 1. The van der Waals surface area contributed by atoms with Crippen molar-refractivity contribution >= 4 is 17.2 Å². The van der Waals surface area contributed by atoms with Crippen LogP contribution in [0.15, 0.2) is 47.2 Å². The molecule has 0 spiro atoms. The van der Waals surface area contributed by atoms with Crippen LogP contribution >= 0.6 is 11.3 Å². The van der Waals surface area contributed by atoms with Gasteiger partial charge in [0.25, 0.3) is 0 Å². The average Bonchev–Trinajstić information content (AvgIpc) is 3.02.